The summed E-state index contributed by atoms with van der Waals surface area (Å²) in [5.74, 6) is -0.414. The smallest absolute Gasteiger partial charge is 0.309 e. The lowest BCUT2D eigenvalue weighted by atomic mass is 9.97. The molecule has 0 saturated carbocycles. The summed E-state index contributed by atoms with van der Waals surface area (Å²) < 4.78 is 10.2. The van der Waals surface area contributed by atoms with E-state index < -0.39 is 0 Å². The van der Waals surface area contributed by atoms with Gasteiger partial charge in [0.25, 0.3) is 5.91 Å². The molecule has 1 saturated heterocycles. The SMILES string of the molecule is CCOC(=O)C1CCN(C(=O)Cc2csc(NC(=O)CN(C(=O)c3ccc(OC)cc3)C(C)C)n2)CC1. The van der Waals surface area contributed by atoms with Crippen LogP contribution in [0.4, 0.5) is 5.13 Å². The Hall–Kier alpha value is -3.47. The minimum absolute atomic E-state index is 0.0680. The van der Waals surface area contributed by atoms with Gasteiger partial charge in [0.15, 0.2) is 5.13 Å². The summed E-state index contributed by atoms with van der Waals surface area (Å²) in [6.07, 6.45) is 1.29. The molecule has 0 spiro atoms. The lowest BCUT2D eigenvalue weighted by molar-refractivity contribution is -0.151. The number of thiazole rings is 1. The van der Waals surface area contributed by atoms with Gasteiger partial charge in [0.2, 0.25) is 11.8 Å². The van der Waals surface area contributed by atoms with Crippen molar-refractivity contribution in [3.05, 3.63) is 40.9 Å². The quantitative estimate of drug-likeness (QED) is 0.469. The van der Waals surface area contributed by atoms with Crippen LogP contribution in [0.1, 0.15) is 49.7 Å². The highest BCUT2D eigenvalue weighted by Crippen LogP contribution is 2.21. The van der Waals surface area contributed by atoms with Crippen molar-refractivity contribution in [3.8, 4) is 5.75 Å². The number of piperidine rings is 1. The summed E-state index contributed by atoms with van der Waals surface area (Å²) in [7, 11) is 1.55. The molecule has 11 heteroatoms. The van der Waals surface area contributed by atoms with Crippen molar-refractivity contribution in [1.29, 1.82) is 0 Å². The zero-order chi connectivity index (χ0) is 26.9. The summed E-state index contributed by atoms with van der Waals surface area (Å²) in [6, 6.07) is 6.54. The molecule has 2 aromatic rings. The number of likely N-dealkylation sites (tertiary alicyclic amines) is 1. The standard InChI is InChI=1S/C26H34N4O6S/c1-5-36-25(34)19-10-12-29(13-11-19)23(32)14-20-16-37-26(27-20)28-22(31)15-30(17(2)3)24(33)18-6-8-21(35-4)9-7-18/h6-9,16-17,19H,5,10-15H2,1-4H3,(H,27,28,31). The predicted octanol–water partition coefficient (Wildman–Crippen LogP) is 2.99. The van der Waals surface area contributed by atoms with Gasteiger partial charge in [0.05, 0.1) is 31.7 Å². The first-order chi connectivity index (χ1) is 17.7. The average molecular weight is 531 g/mol. The summed E-state index contributed by atoms with van der Waals surface area (Å²) >= 11 is 1.23. The molecule has 1 aliphatic rings. The lowest BCUT2D eigenvalue weighted by Crippen LogP contribution is -2.42. The van der Waals surface area contributed by atoms with Crippen molar-refractivity contribution in [2.24, 2.45) is 5.92 Å². The molecular weight excluding hydrogens is 496 g/mol. The van der Waals surface area contributed by atoms with Gasteiger partial charge < -0.3 is 24.6 Å². The lowest BCUT2D eigenvalue weighted by Gasteiger charge is -2.30. The van der Waals surface area contributed by atoms with Crippen LogP contribution in [0, 0.1) is 5.92 Å². The number of aromatic nitrogens is 1. The van der Waals surface area contributed by atoms with E-state index in [-0.39, 0.29) is 48.6 Å². The van der Waals surface area contributed by atoms with Gasteiger partial charge in [-0.25, -0.2) is 4.98 Å². The minimum Gasteiger partial charge on any atom is -0.497 e. The largest absolute Gasteiger partial charge is 0.497 e. The van der Waals surface area contributed by atoms with E-state index in [1.54, 1.807) is 48.6 Å². The first kappa shape index (κ1) is 28.1. The third-order valence-electron chi connectivity index (χ3n) is 6.13. The molecular formula is C26H34N4O6S. The van der Waals surface area contributed by atoms with Gasteiger partial charge in [-0.1, -0.05) is 0 Å². The van der Waals surface area contributed by atoms with Gasteiger partial charge in [-0.15, -0.1) is 11.3 Å². The molecule has 1 aromatic carbocycles. The Labute approximate surface area is 220 Å². The molecule has 0 aliphatic carbocycles. The van der Waals surface area contributed by atoms with Crippen molar-refractivity contribution in [1.82, 2.24) is 14.8 Å². The number of methoxy groups -OCH3 is 1. The maximum absolute atomic E-state index is 13.0. The van der Waals surface area contributed by atoms with E-state index in [0.29, 0.717) is 54.7 Å². The van der Waals surface area contributed by atoms with E-state index in [2.05, 4.69) is 10.3 Å². The highest BCUT2D eigenvalue weighted by Gasteiger charge is 2.28. The number of nitrogens with zero attached hydrogens (tertiary/aromatic N) is 3. The minimum atomic E-state index is -0.371. The second kappa shape index (κ2) is 13.2. The molecule has 1 aromatic heterocycles. The number of amides is 3. The fourth-order valence-corrected chi connectivity index (χ4v) is 4.77. The van der Waals surface area contributed by atoms with Gasteiger partial charge in [-0.2, -0.15) is 0 Å². The molecule has 1 aliphatic heterocycles. The van der Waals surface area contributed by atoms with Crippen LogP contribution in [0.25, 0.3) is 0 Å². The highest BCUT2D eigenvalue weighted by molar-refractivity contribution is 7.13. The topological polar surface area (TPSA) is 118 Å². The number of hydrogen-bond acceptors (Lipinski definition) is 8. The van der Waals surface area contributed by atoms with E-state index in [4.69, 9.17) is 9.47 Å². The molecule has 200 valence electrons. The number of esters is 1. The van der Waals surface area contributed by atoms with E-state index >= 15 is 0 Å². The van der Waals surface area contributed by atoms with Crippen LogP contribution in [0.15, 0.2) is 29.6 Å². The summed E-state index contributed by atoms with van der Waals surface area (Å²) in [4.78, 5) is 57.9. The fourth-order valence-electron chi connectivity index (χ4n) is 4.04. The van der Waals surface area contributed by atoms with E-state index in [9.17, 15) is 19.2 Å². The third kappa shape index (κ3) is 7.75. The first-order valence-corrected chi connectivity index (χ1v) is 13.2. The number of benzene rings is 1. The number of anilines is 1. The summed E-state index contributed by atoms with van der Waals surface area (Å²) in [6.45, 7) is 6.70. The van der Waals surface area contributed by atoms with Gasteiger partial charge in [-0.3, -0.25) is 19.2 Å². The second-order valence-corrected chi connectivity index (χ2v) is 9.89. The van der Waals surface area contributed by atoms with Crippen LogP contribution >= 0.6 is 11.3 Å². The van der Waals surface area contributed by atoms with Crippen LogP contribution < -0.4 is 10.1 Å². The zero-order valence-electron chi connectivity index (χ0n) is 21.7. The molecule has 3 rings (SSSR count). The van der Waals surface area contributed by atoms with Crippen molar-refractivity contribution in [3.63, 3.8) is 0 Å². The van der Waals surface area contributed by atoms with Crippen molar-refractivity contribution >= 4 is 40.2 Å². The molecule has 2 heterocycles. The number of hydrogen-bond donors (Lipinski definition) is 1. The Kier molecular flexibility index (Phi) is 10.0. The molecule has 10 nitrogen and oxygen atoms in total. The Morgan fingerprint density at radius 3 is 2.43 bits per heavy atom. The Morgan fingerprint density at radius 2 is 1.84 bits per heavy atom. The Morgan fingerprint density at radius 1 is 1.16 bits per heavy atom. The second-order valence-electron chi connectivity index (χ2n) is 9.03. The molecule has 37 heavy (non-hydrogen) atoms. The van der Waals surface area contributed by atoms with Crippen LogP contribution in [0.3, 0.4) is 0 Å². The summed E-state index contributed by atoms with van der Waals surface area (Å²) in [5.41, 5.74) is 1.02. The predicted molar refractivity (Wildman–Crippen MR) is 140 cm³/mol. The van der Waals surface area contributed by atoms with Crippen molar-refractivity contribution in [2.45, 2.75) is 46.1 Å². The van der Waals surface area contributed by atoms with Gasteiger partial charge in [0, 0.05) is 30.1 Å². The van der Waals surface area contributed by atoms with Crippen LogP contribution in [0.5, 0.6) is 5.75 Å². The monoisotopic (exact) mass is 530 g/mol. The number of carbonyl (C=O) groups excluding carboxylic acids is 4. The summed E-state index contributed by atoms with van der Waals surface area (Å²) in [5, 5.41) is 4.84. The number of carbonyl (C=O) groups is 4. The maximum Gasteiger partial charge on any atom is 0.309 e. The molecule has 0 radical (unpaired) electrons. The van der Waals surface area contributed by atoms with Crippen LogP contribution in [0.2, 0.25) is 0 Å². The molecule has 3 amide bonds. The van der Waals surface area contributed by atoms with E-state index in [1.807, 2.05) is 13.8 Å². The number of ether oxygens (including phenoxy) is 2. The van der Waals surface area contributed by atoms with E-state index in [0.717, 1.165) is 0 Å². The fraction of sp³-hybridized carbons (Fsp3) is 0.500. The van der Waals surface area contributed by atoms with E-state index in [1.165, 1.54) is 16.2 Å². The average Bonchev–Trinajstić information content (AvgIpc) is 3.33. The molecule has 0 unspecified atom stereocenters. The van der Waals surface area contributed by atoms with Crippen molar-refractivity contribution < 1.29 is 28.7 Å². The van der Waals surface area contributed by atoms with Crippen molar-refractivity contribution in [2.75, 3.05) is 38.7 Å². The first-order valence-electron chi connectivity index (χ1n) is 12.4. The Balaban J connectivity index is 1.51. The van der Waals surface area contributed by atoms with Crippen LogP contribution in [-0.4, -0.2) is 77.9 Å². The van der Waals surface area contributed by atoms with Gasteiger partial charge >= 0.3 is 5.97 Å². The number of rotatable bonds is 10. The molecule has 1 N–H and O–H groups in total. The van der Waals surface area contributed by atoms with Crippen LogP contribution in [-0.2, 0) is 25.5 Å². The van der Waals surface area contributed by atoms with Gasteiger partial charge in [-0.05, 0) is 57.9 Å². The Bertz CT molecular complexity index is 1090. The molecule has 0 bridgehead atoms. The normalized spacial score (nSPS) is 13.8. The third-order valence-corrected chi connectivity index (χ3v) is 6.94. The highest BCUT2D eigenvalue weighted by atomic mass is 32.1. The van der Waals surface area contributed by atoms with Gasteiger partial charge in [0.1, 0.15) is 12.3 Å². The molecule has 1 fully saturated rings. The number of nitrogens with one attached hydrogen (secondary N) is 1. The maximum atomic E-state index is 13.0. The zero-order valence-corrected chi connectivity index (χ0v) is 22.5. The molecule has 0 atom stereocenters.